The van der Waals surface area contributed by atoms with Crippen molar-refractivity contribution in [2.24, 2.45) is 0 Å². The molecule has 0 bridgehead atoms. The maximum absolute atomic E-state index is 13.3. The molecule has 0 spiro atoms. The Hall–Kier alpha value is -3.11. The van der Waals surface area contributed by atoms with Crippen LogP contribution in [0.4, 0.5) is 13.9 Å². The summed E-state index contributed by atoms with van der Waals surface area (Å²) < 4.78 is 31.7. The van der Waals surface area contributed by atoms with E-state index in [1.165, 1.54) is 35.6 Å². The van der Waals surface area contributed by atoms with Crippen LogP contribution in [0, 0.1) is 11.6 Å². The minimum Gasteiger partial charge on any atom is -0.411 e. The number of nitrogens with zero attached hydrogens (tertiary/aromatic N) is 3. The number of aromatic nitrogens is 3. The molecule has 29 heavy (non-hydrogen) atoms. The number of carbonyl (C=O) groups excluding carboxylic acids is 1. The lowest BCUT2D eigenvalue weighted by Gasteiger charge is -1.99. The van der Waals surface area contributed by atoms with E-state index in [-0.39, 0.29) is 28.6 Å². The Morgan fingerprint density at radius 1 is 1.07 bits per heavy atom. The van der Waals surface area contributed by atoms with Gasteiger partial charge in [-0.25, -0.2) is 13.8 Å². The maximum atomic E-state index is 13.3. The predicted molar refractivity (Wildman–Crippen MR) is 107 cm³/mol. The van der Waals surface area contributed by atoms with Crippen LogP contribution in [-0.2, 0) is 4.79 Å². The molecule has 2 heterocycles. The van der Waals surface area contributed by atoms with Crippen molar-refractivity contribution in [1.82, 2.24) is 15.2 Å². The molecule has 1 amide bonds. The van der Waals surface area contributed by atoms with Gasteiger partial charge in [-0.2, -0.15) is 0 Å². The largest absolute Gasteiger partial charge is 0.411 e. The summed E-state index contributed by atoms with van der Waals surface area (Å²) in [4.78, 5) is 16.5. The van der Waals surface area contributed by atoms with E-state index in [1.807, 2.05) is 0 Å². The van der Waals surface area contributed by atoms with E-state index in [4.69, 9.17) is 4.42 Å². The van der Waals surface area contributed by atoms with E-state index in [0.29, 0.717) is 16.4 Å². The van der Waals surface area contributed by atoms with Crippen LogP contribution in [0.25, 0.3) is 22.7 Å². The van der Waals surface area contributed by atoms with E-state index in [0.717, 1.165) is 17.3 Å². The average Bonchev–Trinajstić information content (AvgIpc) is 3.37. The normalized spacial score (nSPS) is 10.8. The number of amides is 1. The number of halogens is 2. The first-order chi connectivity index (χ1) is 14.1. The fraction of sp³-hybridized carbons (Fsp3) is 0.0526. The zero-order valence-electron chi connectivity index (χ0n) is 14.6. The Morgan fingerprint density at radius 3 is 2.69 bits per heavy atom. The lowest BCUT2D eigenvalue weighted by atomic mass is 10.2. The maximum Gasteiger partial charge on any atom is 0.277 e. The molecule has 0 aliphatic carbocycles. The van der Waals surface area contributed by atoms with Crippen LogP contribution < -0.4 is 5.32 Å². The summed E-state index contributed by atoms with van der Waals surface area (Å²) in [5.74, 6) is -0.804. The smallest absolute Gasteiger partial charge is 0.277 e. The zero-order chi connectivity index (χ0) is 20.2. The molecular formula is C19H12F2N4O2S2. The molecule has 0 fully saturated rings. The lowest BCUT2D eigenvalue weighted by molar-refractivity contribution is -0.113. The Morgan fingerprint density at radius 2 is 1.90 bits per heavy atom. The molecule has 0 atom stereocenters. The third-order valence-corrected chi connectivity index (χ3v) is 5.27. The first-order valence-electron chi connectivity index (χ1n) is 8.30. The highest BCUT2D eigenvalue weighted by Crippen LogP contribution is 2.26. The van der Waals surface area contributed by atoms with Gasteiger partial charge in [0.1, 0.15) is 11.6 Å². The first-order valence-corrected chi connectivity index (χ1v) is 10.2. The van der Waals surface area contributed by atoms with Crippen LogP contribution in [0.3, 0.4) is 0 Å². The summed E-state index contributed by atoms with van der Waals surface area (Å²) >= 11 is 2.33. The van der Waals surface area contributed by atoms with Crippen LogP contribution >= 0.6 is 23.1 Å². The Bertz CT molecular complexity index is 1150. The van der Waals surface area contributed by atoms with Crippen molar-refractivity contribution in [3.05, 3.63) is 65.5 Å². The molecule has 0 saturated heterocycles. The van der Waals surface area contributed by atoms with Gasteiger partial charge in [0.05, 0.1) is 11.4 Å². The van der Waals surface area contributed by atoms with Crippen LogP contribution in [0.15, 0.2) is 63.6 Å². The summed E-state index contributed by atoms with van der Waals surface area (Å²) in [5, 5.41) is 12.8. The number of benzene rings is 2. The van der Waals surface area contributed by atoms with E-state index in [9.17, 15) is 13.6 Å². The molecule has 2 aromatic heterocycles. The van der Waals surface area contributed by atoms with Crippen molar-refractivity contribution in [3.63, 3.8) is 0 Å². The molecule has 4 rings (SSSR count). The molecule has 1 N–H and O–H groups in total. The zero-order valence-corrected chi connectivity index (χ0v) is 16.3. The number of hydrogen-bond donors (Lipinski definition) is 1. The fourth-order valence-electron chi connectivity index (χ4n) is 2.37. The molecular weight excluding hydrogens is 418 g/mol. The van der Waals surface area contributed by atoms with Gasteiger partial charge in [-0.1, -0.05) is 17.8 Å². The Balaban J connectivity index is 1.33. The molecule has 146 valence electrons. The monoisotopic (exact) mass is 430 g/mol. The summed E-state index contributed by atoms with van der Waals surface area (Å²) in [6, 6.07) is 11.8. The molecule has 0 unspecified atom stereocenters. The average molecular weight is 430 g/mol. The second-order valence-electron chi connectivity index (χ2n) is 5.77. The Kier molecular flexibility index (Phi) is 5.63. The molecule has 2 aromatic carbocycles. The standard InChI is InChI=1S/C19H12F2N4O2S2/c20-13-6-4-11(5-7-13)15-9-28-18(22-15)23-16(26)10-29-19-25-24-17(27-19)12-2-1-3-14(21)8-12/h1-9H,10H2,(H,22,23,26). The highest BCUT2D eigenvalue weighted by atomic mass is 32.2. The molecule has 0 aliphatic rings. The minimum absolute atomic E-state index is 0.0379. The van der Waals surface area contributed by atoms with Gasteiger partial charge in [-0.15, -0.1) is 21.5 Å². The van der Waals surface area contributed by atoms with E-state index < -0.39 is 5.82 Å². The lowest BCUT2D eigenvalue weighted by Crippen LogP contribution is -2.13. The second kappa shape index (κ2) is 8.50. The second-order valence-corrected chi connectivity index (χ2v) is 7.55. The topological polar surface area (TPSA) is 80.9 Å². The molecule has 0 aliphatic heterocycles. The van der Waals surface area contributed by atoms with Gasteiger partial charge in [-0.3, -0.25) is 4.79 Å². The molecule has 0 saturated carbocycles. The first kappa shape index (κ1) is 19.2. The van der Waals surface area contributed by atoms with Crippen molar-refractivity contribution in [3.8, 4) is 22.7 Å². The van der Waals surface area contributed by atoms with E-state index in [1.54, 1.807) is 29.6 Å². The number of thioether (sulfide) groups is 1. The van der Waals surface area contributed by atoms with Gasteiger partial charge in [0, 0.05) is 16.5 Å². The van der Waals surface area contributed by atoms with Crippen molar-refractivity contribution in [2.75, 3.05) is 11.1 Å². The highest BCUT2D eigenvalue weighted by molar-refractivity contribution is 7.99. The quantitative estimate of drug-likeness (QED) is 0.440. The number of rotatable bonds is 6. The third kappa shape index (κ3) is 4.84. The van der Waals surface area contributed by atoms with Crippen molar-refractivity contribution >= 4 is 34.1 Å². The molecule has 4 aromatic rings. The summed E-state index contributed by atoms with van der Waals surface area (Å²) in [5.41, 5.74) is 1.87. The number of hydrogen-bond acceptors (Lipinski definition) is 7. The predicted octanol–water partition coefficient (Wildman–Crippen LogP) is 4.87. The molecule has 6 nitrogen and oxygen atoms in total. The SMILES string of the molecule is O=C(CSc1nnc(-c2cccc(F)c2)o1)Nc1nc(-c2ccc(F)cc2)cs1. The molecule has 0 radical (unpaired) electrons. The Labute approximate surface area is 172 Å². The van der Waals surface area contributed by atoms with Gasteiger partial charge in [-0.05, 0) is 42.5 Å². The van der Waals surface area contributed by atoms with Gasteiger partial charge in [0.25, 0.3) is 5.22 Å². The number of anilines is 1. The van der Waals surface area contributed by atoms with Crippen LogP contribution in [0.5, 0.6) is 0 Å². The van der Waals surface area contributed by atoms with Crippen molar-refractivity contribution in [2.45, 2.75) is 5.22 Å². The number of carbonyl (C=O) groups is 1. The summed E-state index contributed by atoms with van der Waals surface area (Å²) in [6.45, 7) is 0. The third-order valence-electron chi connectivity index (χ3n) is 3.70. The van der Waals surface area contributed by atoms with Crippen molar-refractivity contribution < 1.29 is 18.0 Å². The summed E-state index contributed by atoms with van der Waals surface area (Å²) in [7, 11) is 0. The van der Waals surface area contributed by atoms with Crippen LogP contribution in [0.1, 0.15) is 0 Å². The van der Waals surface area contributed by atoms with E-state index in [2.05, 4.69) is 20.5 Å². The fourth-order valence-corrected chi connectivity index (χ4v) is 3.67. The van der Waals surface area contributed by atoms with Crippen LogP contribution in [-0.4, -0.2) is 26.8 Å². The van der Waals surface area contributed by atoms with Gasteiger partial charge >= 0.3 is 0 Å². The van der Waals surface area contributed by atoms with E-state index >= 15 is 0 Å². The van der Waals surface area contributed by atoms with Crippen molar-refractivity contribution in [1.29, 1.82) is 0 Å². The van der Waals surface area contributed by atoms with Crippen LogP contribution in [0.2, 0.25) is 0 Å². The highest BCUT2D eigenvalue weighted by Gasteiger charge is 2.13. The molecule has 10 heteroatoms. The minimum atomic E-state index is -0.405. The van der Waals surface area contributed by atoms with Gasteiger partial charge in [0.2, 0.25) is 11.8 Å². The number of thiazole rings is 1. The van der Waals surface area contributed by atoms with Gasteiger partial charge in [0.15, 0.2) is 5.13 Å². The number of nitrogens with one attached hydrogen (secondary N) is 1. The van der Waals surface area contributed by atoms with Gasteiger partial charge < -0.3 is 9.73 Å². The summed E-state index contributed by atoms with van der Waals surface area (Å²) in [6.07, 6.45) is 0.